The van der Waals surface area contributed by atoms with Crippen molar-refractivity contribution >= 4 is 17.3 Å². The summed E-state index contributed by atoms with van der Waals surface area (Å²) in [5.41, 5.74) is 9.64. The third kappa shape index (κ3) is 4.27. The molecular weight excluding hydrogens is 236 g/mol. The minimum atomic E-state index is 0.0842. The van der Waals surface area contributed by atoms with Gasteiger partial charge in [0.15, 0.2) is 0 Å². The van der Waals surface area contributed by atoms with Crippen LogP contribution in [0.15, 0.2) is 12.1 Å². The average molecular weight is 262 g/mol. The van der Waals surface area contributed by atoms with E-state index < -0.39 is 0 Å². The molecule has 0 aliphatic carbocycles. The lowest BCUT2D eigenvalue weighted by atomic mass is 9.98. The van der Waals surface area contributed by atoms with Gasteiger partial charge in [-0.3, -0.25) is 4.79 Å². The molecular formula is C16H26N2O. The molecule has 1 unspecified atom stereocenters. The van der Waals surface area contributed by atoms with Crippen LogP contribution in [0.1, 0.15) is 50.7 Å². The van der Waals surface area contributed by atoms with Crippen molar-refractivity contribution in [2.24, 2.45) is 5.92 Å². The summed E-state index contributed by atoms with van der Waals surface area (Å²) >= 11 is 0. The van der Waals surface area contributed by atoms with Crippen LogP contribution in [0.3, 0.4) is 0 Å². The van der Waals surface area contributed by atoms with Gasteiger partial charge in [-0.2, -0.15) is 0 Å². The number of rotatable bonds is 6. The lowest BCUT2D eigenvalue weighted by Gasteiger charge is -2.16. The lowest BCUT2D eigenvalue weighted by Crippen LogP contribution is -2.23. The fourth-order valence-electron chi connectivity index (χ4n) is 2.15. The molecule has 0 aliphatic rings. The van der Waals surface area contributed by atoms with E-state index in [1.807, 2.05) is 26.0 Å². The minimum Gasteiger partial charge on any atom is -0.397 e. The molecule has 0 aliphatic heterocycles. The van der Waals surface area contributed by atoms with Gasteiger partial charge in [0, 0.05) is 5.92 Å². The molecule has 0 fully saturated rings. The van der Waals surface area contributed by atoms with E-state index in [1.165, 1.54) is 0 Å². The summed E-state index contributed by atoms with van der Waals surface area (Å²) < 4.78 is 0. The van der Waals surface area contributed by atoms with Crippen LogP contribution in [0.2, 0.25) is 0 Å². The molecule has 0 radical (unpaired) electrons. The van der Waals surface area contributed by atoms with Gasteiger partial charge < -0.3 is 11.1 Å². The molecule has 0 bridgehead atoms. The van der Waals surface area contributed by atoms with Gasteiger partial charge in [0.2, 0.25) is 5.91 Å². The van der Waals surface area contributed by atoms with E-state index in [4.69, 9.17) is 5.73 Å². The molecule has 0 saturated carbocycles. The zero-order valence-electron chi connectivity index (χ0n) is 12.5. The lowest BCUT2D eigenvalue weighted by molar-refractivity contribution is -0.120. The highest BCUT2D eigenvalue weighted by Crippen LogP contribution is 2.24. The molecule has 3 heteroatoms. The standard InChI is InChI=1S/C16H26N2O/c1-5-7-8-13(6-2)16(19)18-15-10-12(4)11(3)9-14(15)17/h9-10,13H,5-8,17H2,1-4H3,(H,18,19). The van der Waals surface area contributed by atoms with Gasteiger partial charge in [-0.1, -0.05) is 26.7 Å². The van der Waals surface area contributed by atoms with Crippen molar-refractivity contribution in [3.8, 4) is 0 Å². The summed E-state index contributed by atoms with van der Waals surface area (Å²) in [6, 6.07) is 3.87. The zero-order valence-corrected chi connectivity index (χ0v) is 12.5. The number of nitrogens with two attached hydrogens (primary N) is 1. The molecule has 0 spiro atoms. The molecule has 3 N–H and O–H groups in total. The van der Waals surface area contributed by atoms with Gasteiger partial charge in [-0.05, 0) is 49.9 Å². The van der Waals surface area contributed by atoms with E-state index in [0.29, 0.717) is 5.69 Å². The van der Waals surface area contributed by atoms with Crippen LogP contribution in [0.4, 0.5) is 11.4 Å². The SMILES string of the molecule is CCCCC(CC)C(=O)Nc1cc(C)c(C)cc1N. The number of nitrogens with one attached hydrogen (secondary N) is 1. The minimum absolute atomic E-state index is 0.0842. The van der Waals surface area contributed by atoms with Gasteiger partial charge >= 0.3 is 0 Å². The predicted molar refractivity (Wildman–Crippen MR) is 82.3 cm³/mol. The number of benzene rings is 1. The third-order valence-corrected chi connectivity index (χ3v) is 3.69. The maximum atomic E-state index is 12.2. The van der Waals surface area contributed by atoms with E-state index in [0.717, 1.165) is 42.5 Å². The third-order valence-electron chi connectivity index (χ3n) is 3.69. The number of unbranched alkanes of at least 4 members (excludes halogenated alkanes) is 1. The van der Waals surface area contributed by atoms with Crippen LogP contribution in [0.25, 0.3) is 0 Å². The predicted octanol–water partition coefficient (Wildman–Crippen LogP) is 4.04. The molecule has 0 saturated heterocycles. The topological polar surface area (TPSA) is 55.1 Å². The van der Waals surface area contributed by atoms with Crippen LogP contribution in [-0.2, 0) is 4.79 Å². The first-order valence-electron chi connectivity index (χ1n) is 7.17. The van der Waals surface area contributed by atoms with Crippen molar-refractivity contribution in [3.63, 3.8) is 0 Å². The second-order valence-electron chi connectivity index (χ2n) is 5.26. The van der Waals surface area contributed by atoms with Crippen LogP contribution in [0.5, 0.6) is 0 Å². The number of aryl methyl sites for hydroxylation is 2. The number of carbonyl (C=O) groups is 1. The Morgan fingerprint density at radius 1 is 1.26 bits per heavy atom. The van der Waals surface area contributed by atoms with E-state index in [2.05, 4.69) is 19.2 Å². The van der Waals surface area contributed by atoms with Crippen molar-refractivity contribution in [1.82, 2.24) is 0 Å². The molecule has 19 heavy (non-hydrogen) atoms. The van der Waals surface area contributed by atoms with Gasteiger partial charge in [0.25, 0.3) is 0 Å². The molecule has 1 rings (SSSR count). The normalized spacial score (nSPS) is 12.2. The molecule has 0 heterocycles. The molecule has 1 atom stereocenters. The first-order valence-corrected chi connectivity index (χ1v) is 7.17. The molecule has 1 aromatic carbocycles. The van der Waals surface area contributed by atoms with Gasteiger partial charge in [-0.25, -0.2) is 0 Å². The van der Waals surface area contributed by atoms with Crippen molar-refractivity contribution in [1.29, 1.82) is 0 Å². The van der Waals surface area contributed by atoms with E-state index >= 15 is 0 Å². The Kier molecular flexibility index (Phi) is 5.87. The molecule has 1 aromatic rings. The summed E-state index contributed by atoms with van der Waals surface area (Å²) in [6.45, 7) is 8.25. The highest BCUT2D eigenvalue weighted by molar-refractivity contribution is 5.95. The molecule has 0 aromatic heterocycles. The van der Waals surface area contributed by atoms with Crippen molar-refractivity contribution in [2.45, 2.75) is 53.4 Å². The highest BCUT2D eigenvalue weighted by atomic mass is 16.1. The number of nitrogen functional groups attached to an aromatic ring is 1. The van der Waals surface area contributed by atoms with Crippen LogP contribution >= 0.6 is 0 Å². The van der Waals surface area contributed by atoms with Crippen LogP contribution in [0, 0.1) is 19.8 Å². The number of carbonyl (C=O) groups excluding carboxylic acids is 1. The average Bonchev–Trinajstić information content (AvgIpc) is 2.37. The van der Waals surface area contributed by atoms with E-state index in [-0.39, 0.29) is 11.8 Å². The Hall–Kier alpha value is -1.51. The Morgan fingerprint density at radius 2 is 1.89 bits per heavy atom. The number of amides is 1. The second-order valence-corrected chi connectivity index (χ2v) is 5.26. The maximum absolute atomic E-state index is 12.2. The van der Waals surface area contributed by atoms with Gasteiger partial charge in [0.05, 0.1) is 11.4 Å². The Balaban J connectivity index is 2.78. The maximum Gasteiger partial charge on any atom is 0.227 e. The van der Waals surface area contributed by atoms with Gasteiger partial charge in [-0.15, -0.1) is 0 Å². The van der Waals surface area contributed by atoms with Crippen molar-refractivity contribution in [2.75, 3.05) is 11.1 Å². The molecule has 1 amide bonds. The fraction of sp³-hybridized carbons (Fsp3) is 0.562. The zero-order chi connectivity index (χ0) is 14.4. The summed E-state index contributed by atoms with van der Waals surface area (Å²) in [6.07, 6.45) is 4.03. The van der Waals surface area contributed by atoms with Crippen LogP contribution < -0.4 is 11.1 Å². The Labute approximate surface area is 116 Å². The highest BCUT2D eigenvalue weighted by Gasteiger charge is 2.17. The first kappa shape index (κ1) is 15.5. The number of hydrogen-bond acceptors (Lipinski definition) is 2. The molecule has 3 nitrogen and oxygen atoms in total. The van der Waals surface area contributed by atoms with E-state index in [9.17, 15) is 4.79 Å². The van der Waals surface area contributed by atoms with Crippen LogP contribution in [-0.4, -0.2) is 5.91 Å². The Bertz CT molecular complexity index is 441. The van der Waals surface area contributed by atoms with Gasteiger partial charge in [0.1, 0.15) is 0 Å². The summed E-state index contributed by atoms with van der Waals surface area (Å²) in [5, 5.41) is 2.97. The van der Waals surface area contributed by atoms with Crippen molar-refractivity contribution in [3.05, 3.63) is 23.3 Å². The summed E-state index contributed by atoms with van der Waals surface area (Å²) in [7, 11) is 0. The second kappa shape index (κ2) is 7.17. The van der Waals surface area contributed by atoms with E-state index in [1.54, 1.807) is 0 Å². The number of anilines is 2. The largest absolute Gasteiger partial charge is 0.397 e. The fourth-order valence-corrected chi connectivity index (χ4v) is 2.15. The first-order chi connectivity index (χ1) is 8.99. The number of hydrogen-bond donors (Lipinski definition) is 2. The monoisotopic (exact) mass is 262 g/mol. The Morgan fingerprint density at radius 3 is 2.47 bits per heavy atom. The summed E-state index contributed by atoms with van der Waals surface area (Å²) in [4.78, 5) is 12.2. The quantitative estimate of drug-likeness (QED) is 0.760. The molecule has 106 valence electrons. The summed E-state index contributed by atoms with van der Waals surface area (Å²) in [5.74, 6) is 0.173. The van der Waals surface area contributed by atoms with Crippen molar-refractivity contribution < 1.29 is 4.79 Å². The smallest absolute Gasteiger partial charge is 0.227 e.